The number of aryl methyl sites for hydroxylation is 2. The normalized spacial score (nSPS) is 11.0. The predicted molar refractivity (Wildman–Crippen MR) is 111 cm³/mol. The molecule has 3 nitrogen and oxygen atoms in total. The van der Waals surface area contributed by atoms with Crippen molar-refractivity contribution < 1.29 is 4.74 Å². The molecule has 0 aliphatic carbocycles. The molecule has 0 atom stereocenters. The summed E-state index contributed by atoms with van der Waals surface area (Å²) < 4.78 is 8.17. The highest BCUT2D eigenvalue weighted by Gasteiger charge is 2.10. The Hall–Kier alpha value is -2.78. The van der Waals surface area contributed by atoms with Crippen molar-refractivity contribution in [1.29, 1.82) is 0 Å². The number of nitrogens with zero attached hydrogens (tertiary/aromatic N) is 2. The van der Waals surface area contributed by atoms with Crippen molar-refractivity contribution >= 4 is 22.6 Å². The van der Waals surface area contributed by atoms with Gasteiger partial charge in [0, 0.05) is 11.4 Å². The molecule has 0 amide bonds. The van der Waals surface area contributed by atoms with Gasteiger partial charge in [-0.25, -0.2) is 4.98 Å². The molecule has 4 aromatic rings. The lowest BCUT2D eigenvalue weighted by Crippen LogP contribution is -2.12. The van der Waals surface area contributed by atoms with E-state index in [2.05, 4.69) is 47.0 Å². The summed E-state index contributed by atoms with van der Waals surface area (Å²) in [6.45, 7) is 1.34. The predicted octanol–water partition coefficient (Wildman–Crippen LogP) is 5.55. The molecule has 3 aromatic carbocycles. The standard InChI is InChI=1S/C23H21ClN2O/c24-19-11-13-20(14-12-19)27-17-16-26-22-9-5-4-8-21(22)25-23(26)15-10-18-6-2-1-3-7-18/h1-9,11-14H,10,15-17H2. The SMILES string of the molecule is Clc1ccc(OCCn2c(CCc3ccccc3)nc3ccccc32)cc1. The van der Waals surface area contributed by atoms with Gasteiger partial charge in [0.25, 0.3) is 0 Å². The molecular weight excluding hydrogens is 356 g/mol. The maximum atomic E-state index is 5.93. The van der Waals surface area contributed by atoms with E-state index < -0.39 is 0 Å². The van der Waals surface area contributed by atoms with Gasteiger partial charge in [0.2, 0.25) is 0 Å². The van der Waals surface area contributed by atoms with Crippen molar-refractivity contribution in [3.05, 3.63) is 95.3 Å². The Kier molecular flexibility index (Phi) is 5.40. The van der Waals surface area contributed by atoms with Crippen LogP contribution in [0.1, 0.15) is 11.4 Å². The fourth-order valence-electron chi connectivity index (χ4n) is 3.25. The number of benzene rings is 3. The van der Waals surface area contributed by atoms with Crippen LogP contribution in [0.25, 0.3) is 11.0 Å². The van der Waals surface area contributed by atoms with Crippen LogP contribution in [0, 0.1) is 0 Å². The van der Waals surface area contributed by atoms with Crippen molar-refractivity contribution in [3.63, 3.8) is 0 Å². The largest absolute Gasteiger partial charge is 0.492 e. The van der Waals surface area contributed by atoms with Gasteiger partial charge in [-0.2, -0.15) is 0 Å². The second-order valence-corrected chi connectivity index (χ2v) is 6.89. The van der Waals surface area contributed by atoms with Gasteiger partial charge in [-0.3, -0.25) is 0 Å². The number of aromatic nitrogens is 2. The van der Waals surface area contributed by atoms with E-state index in [1.807, 2.05) is 36.4 Å². The number of para-hydroxylation sites is 2. The second kappa shape index (κ2) is 8.28. The van der Waals surface area contributed by atoms with Crippen LogP contribution >= 0.6 is 11.6 Å². The van der Waals surface area contributed by atoms with Crippen LogP contribution in [0.3, 0.4) is 0 Å². The van der Waals surface area contributed by atoms with Crippen LogP contribution in [-0.4, -0.2) is 16.2 Å². The van der Waals surface area contributed by atoms with Gasteiger partial charge in [0.15, 0.2) is 0 Å². The van der Waals surface area contributed by atoms with E-state index in [0.29, 0.717) is 11.6 Å². The number of ether oxygens (including phenoxy) is 1. The summed E-state index contributed by atoms with van der Waals surface area (Å²) in [5.74, 6) is 1.93. The van der Waals surface area contributed by atoms with E-state index in [9.17, 15) is 0 Å². The van der Waals surface area contributed by atoms with Crippen LogP contribution in [-0.2, 0) is 19.4 Å². The van der Waals surface area contributed by atoms with Crippen molar-refractivity contribution in [1.82, 2.24) is 9.55 Å². The quantitative estimate of drug-likeness (QED) is 0.422. The van der Waals surface area contributed by atoms with Gasteiger partial charge in [-0.05, 0) is 48.4 Å². The van der Waals surface area contributed by atoms with E-state index in [-0.39, 0.29) is 0 Å². The van der Waals surface area contributed by atoms with Gasteiger partial charge < -0.3 is 9.30 Å². The van der Waals surface area contributed by atoms with Gasteiger partial charge in [-0.15, -0.1) is 0 Å². The molecule has 0 aliphatic heterocycles. The van der Waals surface area contributed by atoms with Crippen LogP contribution in [0.4, 0.5) is 0 Å². The number of rotatable bonds is 7. The molecule has 1 heterocycles. The zero-order chi connectivity index (χ0) is 18.5. The van der Waals surface area contributed by atoms with Crippen LogP contribution in [0.15, 0.2) is 78.9 Å². The summed E-state index contributed by atoms with van der Waals surface area (Å²) in [7, 11) is 0. The van der Waals surface area contributed by atoms with Gasteiger partial charge in [-0.1, -0.05) is 54.1 Å². The van der Waals surface area contributed by atoms with E-state index >= 15 is 0 Å². The fourth-order valence-corrected chi connectivity index (χ4v) is 3.38. The van der Waals surface area contributed by atoms with Gasteiger partial charge in [0.1, 0.15) is 18.2 Å². The molecule has 1 aromatic heterocycles. The summed E-state index contributed by atoms with van der Waals surface area (Å²) in [5, 5.41) is 0.714. The number of hydrogen-bond donors (Lipinski definition) is 0. The zero-order valence-corrected chi connectivity index (χ0v) is 15.8. The van der Waals surface area contributed by atoms with Crippen molar-refractivity contribution in [2.24, 2.45) is 0 Å². The lowest BCUT2D eigenvalue weighted by molar-refractivity contribution is 0.298. The molecule has 0 N–H and O–H groups in total. The lowest BCUT2D eigenvalue weighted by Gasteiger charge is -2.11. The summed E-state index contributed by atoms with van der Waals surface area (Å²) in [6.07, 6.45) is 1.88. The zero-order valence-electron chi connectivity index (χ0n) is 15.0. The smallest absolute Gasteiger partial charge is 0.119 e. The third-order valence-electron chi connectivity index (χ3n) is 4.61. The van der Waals surface area contributed by atoms with E-state index in [1.165, 1.54) is 5.56 Å². The number of halogens is 1. The molecule has 0 bridgehead atoms. The molecule has 0 unspecified atom stereocenters. The third kappa shape index (κ3) is 4.32. The fraction of sp³-hybridized carbons (Fsp3) is 0.174. The third-order valence-corrected chi connectivity index (χ3v) is 4.86. The molecule has 0 radical (unpaired) electrons. The molecule has 4 heteroatoms. The molecule has 4 rings (SSSR count). The molecule has 27 heavy (non-hydrogen) atoms. The monoisotopic (exact) mass is 376 g/mol. The Morgan fingerprint density at radius 2 is 1.56 bits per heavy atom. The van der Waals surface area contributed by atoms with Crippen molar-refractivity contribution in [2.75, 3.05) is 6.61 Å². The highest BCUT2D eigenvalue weighted by atomic mass is 35.5. The summed E-state index contributed by atoms with van der Waals surface area (Å²) >= 11 is 5.93. The molecule has 0 saturated carbocycles. The van der Waals surface area contributed by atoms with Crippen LogP contribution in [0.5, 0.6) is 5.75 Å². The first-order valence-corrected chi connectivity index (χ1v) is 9.54. The highest BCUT2D eigenvalue weighted by Crippen LogP contribution is 2.19. The van der Waals surface area contributed by atoms with Gasteiger partial charge >= 0.3 is 0 Å². The Bertz CT molecular complexity index is 1010. The Labute approximate surface area is 164 Å². The topological polar surface area (TPSA) is 27.1 Å². The second-order valence-electron chi connectivity index (χ2n) is 6.46. The van der Waals surface area contributed by atoms with Crippen LogP contribution < -0.4 is 4.74 Å². The summed E-state index contributed by atoms with van der Waals surface area (Å²) in [6, 6.07) is 26.3. The minimum absolute atomic E-state index is 0.584. The Balaban J connectivity index is 1.50. The molecular formula is C23H21ClN2O. The lowest BCUT2D eigenvalue weighted by atomic mass is 10.1. The molecule has 0 saturated heterocycles. The first-order valence-electron chi connectivity index (χ1n) is 9.16. The number of fused-ring (bicyclic) bond motifs is 1. The Morgan fingerprint density at radius 3 is 2.37 bits per heavy atom. The first kappa shape index (κ1) is 17.6. The average Bonchev–Trinajstić information content (AvgIpc) is 3.06. The minimum Gasteiger partial charge on any atom is -0.492 e. The maximum Gasteiger partial charge on any atom is 0.119 e. The minimum atomic E-state index is 0.584. The summed E-state index contributed by atoms with van der Waals surface area (Å²) in [5.41, 5.74) is 3.51. The number of hydrogen-bond acceptors (Lipinski definition) is 2. The maximum absolute atomic E-state index is 5.93. The van der Waals surface area contributed by atoms with Crippen LogP contribution in [0.2, 0.25) is 5.02 Å². The molecule has 0 aliphatic rings. The average molecular weight is 377 g/mol. The highest BCUT2D eigenvalue weighted by molar-refractivity contribution is 6.30. The summed E-state index contributed by atoms with van der Waals surface area (Å²) in [4.78, 5) is 4.85. The van der Waals surface area contributed by atoms with E-state index in [4.69, 9.17) is 21.3 Å². The Morgan fingerprint density at radius 1 is 0.815 bits per heavy atom. The van der Waals surface area contributed by atoms with E-state index in [0.717, 1.165) is 42.0 Å². The van der Waals surface area contributed by atoms with Gasteiger partial charge in [0.05, 0.1) is 17.6 Å². The molecule has 136 valence electrons. The number of imidazole rings is 1. The van der Waals surface area contributed by atoms with Crippen molar-refractivity contribution in [2.45, 2.75) is 19.4 Å². The molecule has 0 fully saturated rings. The van der Waals surface area contributed by atoms with Crippen molar-refractivity contribution in [3.8, 4) is 5.75 Å². The van der Waals surface area contributed by atoms with E-state index in [1.54, 1.807) is 0 Å². The first-order chi connectivity index (χ1) is 13.3. The molecule has 0 spiro atoms.